The number of aliphatic hydroxyl groups is 2. The first-order valence-corrected chi connectivity index (χ1v) is 8.14. The quantitative estimate of drug-likeness (QED) is 0.720. The predicted molar refractivity (Wildman–Crippen MR) is 88.0 cm³/mol. The minimum Gasteiger partial charge on any atom is -0.508 e. The first-order chi connectivity index (χ1) is 11.5. The third-order valence-electron chi connectivity index (χ3n) is 3.84. The monoisotopic (exact) mass is 345 g/mol. The summed E-state index contributed by atoms with van der Waals surface area (Å²) in [6, 6.07) is 8.59. The van der Waals surface area contributed by atoms with Crippen LogP contribution in [-0.4, -0.2) is 45.1 Å². The average Bonchev–Trinajstić information content (AvgIpc) is 3.19. The van der Waals surface area contributed by atoms with Crippen LogP contribution in [0.5, 0.6) is 5.75 Å². The molecule has 124 valence electrons. The summed E-state index contributed by atoms with van der Waals surface area (Å²) in [5.74, 6) is -1.66. The average molecular weight is 345 g/mol. The lowest BCUT2D eigenvalue weighted by molar-refractivity contribution is -0.129. The van der Waals surface area contributed by atoms with E-state index in [4.69, 9.17) is 0 Å². The summed E-state index contributed by atoms with van der Waals surface area (Å²) in [6.45, 7) is -0.316. The van der Waals surface area contributed by atoms with Gasteiger partial charge in [-0.05, 0) is 29.1 Å². The summed E-state index contributed by atoms with van der Waals surface area (Å²) in [5.41, 5.74) is 0.556. The molecule has 24 heavy (non-hydrogen) atoms. The third-order valence-corrected chi connectivity index (χ3v) is 4.71. The van der Waals surface area contributed by atoms with E-state index in [0.717, 1.165) is 0 Å². The lowest BCUT2D eigenvalue weighted by Crippen LogP contribution is -2.33. The Morgan fingerprint density at radius 3 is 2.46 bits per heavy atom. The molecule has 3 rings (SSSR count). The van der Waals surface area contributed by atoms with Crippen LogP contribution in [0, 0.1) is 0 Å². The maximum atomic E-state index is 12.8. The van der Waals surface area contributed by atoms with Crippen molar-refractivity contribution in [2.24, 2.45) is 0 Å². The lowest BCUT2D eigenvalue weighted by atomic mass is 9.95. The van der Waals surface area contributed by atoms with Gasteiger partial charge in [0.05, 0.1) is 23.1 Å². The number of carbonyl (C=O) groups excluding carboxylic acids is 2. The Labute approximate surface area is 141 Å². The maximum Gasteiger partial charge on any atom is 0.290 e. The van der Waals surface area contributed by atoms with Crippen LogP contribution in [0.15, 0.2) is 53.1 Å². The Kier molecular flexibility index (Phi) is 4.37. The number of phenols is 1. The van der Waals surface area contributed by atoms with E-state index >= 15 is 0 Å². The van der Waals surface area contributed by atoms with Gasteiger partial charge in [-0.25, -0.2) is 0 Å². The fourth-order valence-electron chi connectivity index (χ4n) is 2.77. The van der Waals surface area contributed by atoms with Gasteiger partial charge in [0.15, 0.2) is 5.76 Å². The van der Waals surface area contributed by atoms with Gasteiger partial charge in [0.1, 0.15) is 5.75 Å². The summed E-state index contributed by atoms with van der Waals surface area (Å²) in [4.78, 5) is 26.8. The highest BCUT2D eigenvalue weighted by Gasteiger charge is 2.43. The number of β-amino-alcohol motifs (C(OH)–C–C–N with tert-alkyl or cyclic N) is 1. The number of phenolic OH excluding ortho intramolecular Hbond substituents is 1. The van der Waals surface area contributed by atoms with Gasteiger partial charge in [-0.15, -0.1) is 11.3 Å². The van der Waals surface area contributed by atoms with Gasteiger partial charge in [0.2, 0.25) is 5.78 Å². The normalized spacial score (nSPS) is 17.6. The predicted octanol–water partition coefficient (Wildman–Crippen LogP) is 2.02. The SMILES string of the molecule is O=C(C1=C(O)C(=O)N(CCO)C1c1ccc(O)cc1)c1cccs1. The largest absolute Gasteiger partial charge is 0.508 e. The van der Waals surface area contributed by atoms with Gasteiger partial charge in [0, 0.05) is 6.54 Å². The summed E-state index contributed by atoms with van der Waals surface area (Å²) in [7, 11) is 0. The standard InChI is InChI=1S/C17H15NO5S/c19-8-7-18-14(10-3-5-11(20)6-4-10)13(16(22)17(18)23)15(21)12-2-1-9-24-12/h1-6,9,14,19-20,22H,7-8H2. The molecule has 1 unspecified atom stereocenters. The highest BCUT2D eigenvalue weighted by Crippen LogP contribution is 2.39. The lowest BCUT2D eigenvalue weighted by Gasteiger charge is -2.26. The van der Waals surface area contributed by atoms with Crippen LogP contribution in [0.2, 0.25) is 0 Å². The van der Waals surface area contributed by atoms with Crippen molar-refractivity contribution in [1.82, 2.24) is 4.90 Å². The molecule has 0 radical (unpaired) electrons. The van der Waals surface area contributed by atoms with E-state index in [1.54, 1.807) is 29.6 Å². The van der Waals surface area contributed by atoms with E-state index in [2.05, 4.69) is 0 Å². The van der Waals surface area contributed by atoms with E-state index < -0.39 is 23.5 Å². The van der Waals surface area contributed by atoms with E-state index in [9.17, 15) is 24.9 Å². The number of benzene rings is 1. The molecule has 0 bridgehead atoms. The van der Waals surface area contributed by atoms with E-state index in [-0.39, 0.29) is 24.5 Å². The van der Waals surface area contributed by atoms with Crippen LogP contribution in [0.3, 0.4) is 0 Å². The third kappa shape index (κ3) is 2.68. The number of ketones is 1. The molecule has 0 saturated carbocycles. The molecule has 3 N–H and O–H groups in total. The minimum absolute atomic E-state index is 0.0124. The second kappa shape index (κ2) is 6.46. The smallest absolute Gasteiger partial charge is 0.290 e. The van der Waals surface area contributed by atoms with Crippen molar-refractivity contribution in [2.75, 3.05) is 13.2 Å². The molecule has 1 aromatic carbocycles. The number of rotatable bonds is 5. The molecule has 1 aliphatic rings. The topological polar surface area (TPSA) is 98.1 Å². The number of aliphatic hydroxyl groups excluding tert-OH is 2. The van der Waals surface area contributed by atoms with Gasteiger partial charge in [0.25, 0.3) is 5.91 Å². The van der Waals surface area contributed by atoms with Gasteiger partial charge in [-0.1, -0.05) is 18.2 Å². The Bertz CT molecular complexity index is 795. The molecule has 1 atom stereocenters. The van der Waals surface area contributed by atoms with Crippen LogP contribution in [0.1, 0.15) is 21.3 Å². The second-order valence-electron chi connectivity index (χ2n) is 5.28. The summed E-state index contributed by atoms with van der Waals surface area (Å²) in [5, 5.41) is 30.7. The summed E-state index contributed by atoms with van der Waals surface area (Å²) >= 11 is 1.22. The number of thiophene rings is 1. The van der Waals surface area contributed by atoms with Gasteiger partial charge >= 0.3 is 0 Å². The van der Waals surface area contributed by atoms with Crippen molar-refractivity contribution in [3.05, 3.63) is 63.6 Å². The van der Waals surface area contributed by atoms with E-state index in [1.165, 1.54) is 28.4 Å². The number of Topliss-reactive ketones (excluding diaryl/α,β-unsaturated/α-hetero) is 1. The maximum absolute atomic E-state index is 12.8. The molecular formula is C17H15NO5S. The first-order valence-electron chi connectivity index (χ1n) is 7.26. The molecule has 1 amide bonds. The highest BCUT2D eigenvalue weighted by atomic mass is 32.1. The van der Waals surface area contributed by atoms with E-state index in [0.29, 0.717) is 10.4 Å². The molecule has 6 nitrogen and oxygen atoms in total. The number of nitrogens with zero attached hydrogens (tertiary/aromatic N) is 1. The van der Waals surface area contributed by atoms with Crippen LogP contribution < -0.4 is 0 Å². The molecule has 0 aliphatic carbocycles. The first kappa shape index (κ1) is 16.2. The minimum atomic E-state index is -0.806. The molecule has 1 aliphatic heterocycles. The molecule has 7 heteroatoms. The van der Waals surface area contributed by atoms with Gasteiger partial charge in [-0.3, -0.25) is 9.59 Å². The van der Waals surface area contributed by atoms with Crippen LogP contribution in [0.25, 0.3) is 0 Å². The van der Waals surface area contributed by atoms with Crippen LogP contribution in [0.4, 0.5) is 0 Å². The van der Waals surface area contributed by atoms with E-state index in [1.807, 2.05) is 0 Å². The molecule has 0 spiro atoms. The second-order valence-corrected chi connectivity index (χ2v) is 6.23. The fourth-order valence-corrected chi connectivity index (χ4v) is 3.45. The number of amides is 1. The van der Waals surface area contributed by atoms with Crippen LogP contribution >= 0.6 is 11.3 Å². The zero-order valence-electron chi connectivity index (χ0n) is 12.5. The number of carbonyl (C=O) groups is 2. The highest BCUT2D eigenvalue weighted by molar-refractivity contribution is 7.12. The summed E-state index contributed by atoms with van der Waals surface area (Å²) < 4.78 is 0. The zero-order valence-corrected chi connectivity index (χ0v) is 13.4. The van der Waals surface area contributed by atoms with Crippen molar-refractivity contribution < 1.29 is 24.9 Å². The molecule has 2 aromatic rings. The Morgan fingerprint density at radius 2 is 1.88 bits per heavy atom. The van der Waals surface area contributed by atoms with Gasteiger partial charge < -0.3 is 20.2 Å². The van der Waals surface area contributed by atoms with Crippen molar-refractivity contribution in [1.29, 1.82) is 0 Å². The summed E-state index contributed by atoms with van der Waals surface area (Å²) in [6.07, 6.45) is 0. The molecule has 1 aromatic heterocycles. The van der Waals surface area contributed by atoms with Crippen molar-refractivity contribution in [2.45, 2.75) is 6.04 Å². The van der Waals surface area contributed by atoms with Crippen molar-refractivity contribution >= 4 is 23.0 Å². The Morgan fingerprint density at radius 1 is 1.17 bits per heavy atom. The number of hydrogen-bond donors (Lipinski definition) is 3. The number of aromatic hydroxyl groups is 1. The molecular weight excluding hydrogens is 330 g/mol. The van der Waals surface area contributed by atoms with Gasteiger partial charge in [-0.2, -0.15) is 0 Å². The zero-order chi connectivity index (χ0) is 17.3. The Hall–Kier alpha value is -2.64. The van der Waals surface area contributed by atoms with Crippen molar-refractivity contribution in [3.8, 4) is 5.75 Å². The molecule has 0 saturated heterocycles. The molecule has 0 fully saturated rings. The molecule has 2 heterocycles. The van der Waals surface area contributed by atoms with Crippen molar-refractivity contribution in [3.63, 3.8) is 0 Å². The van der Waals surface area contributed by atoms with Crippen LogP contribution in [-0.2, 0) is 4.79 Å². The fraction of sp³-hybridized carbons (Fsp3) is 0.176. The Balaban J connectivity index is 2.10. The number of hydrogen-bond acceptors (Lipinski definition) is 6.